The lowest BCUT2D eigenvalue weighted by Gasteiger charge is -2.32. The molecule has 1 fully saturated rings. The van der Waals surface area contributed by atoms with Gasteiger partial charge in [0.1, 0.15) is 0 Å². The first-order valence-corrected chi connectivity index (χ1v) is 8.42. The zero-order valence-electron chi connectivity index (χ0n) is 14.6. The van der Waals surface area contributed by atoms with Crippen molar-refractivity contribution >= 4 is 17.8 Å². The molecule has 0 radical (unpaired) electrons. The molecule has 23 heavy (non-hydrogen) atoms. The normalized spacial score (nSPS) is 15.7. The van der Waals surface area contributed by atoms with Crippen LogP contribution in [0.4, 0.5) is 4.79 Å². The van der Waals surface area contributed by atoms with Crippen molar-refractivity contribution in [2.24, 2.45) is 11.8 Å². The van der Waals surface area contributed by atoms with Crippen LogP contribution in [0.3, 0.4) is 0 Å². The molecule has 1 heterocycles. The maximum atomic E-state index is 12.1. The lowest BCUT2D eigenvalue weighted by Crippen LogP contribution is -2.48. The van der Waals surface area contributed by atoms with Crippen molar-refractivity contribution in [1.82, 2.24) is 20.9 Å². The Hall–Kier alpha value is -1.79. The predicted molar refractivity (Wildman–Crippen MR) is 88.8 cm³/mol. The van der Waals surface area contributed by atoms with Crippen molar-refractivity contribution < 1.29 is 14.4 Å². The van der Waals surface area contributed by atoms with Gasteiger partial charge in [0.25, 0.3) is 0 Å². The summed E-state index contributed by atoms with van der Waals surface area (Å²) < 4.78 is 0. The third-order valence-electron chi connectivity index (χ3n) is 3.81. The Morgan fingerprint density at radius 3 is 2.09 bits per heavy atom. The first-order chi connectivity index (χ1) is 10.8. The summed E-state index contributed by atoms with van der Waals surface area (Å²) in [6.45, 7) is 9.59. The second-order valence-electron chi connectivity index (χ2n) is 6.60. The van der Waals surface area contributed by atoms with E-state index >= 15 is 0 Å². The standard InChI is InChI=1S/C16H30N4O3/c1-11(2)14(21)17-7-8-18-15(22)13-5-9-20(10-6-13)16(23)19-12(3)4/h11-13H,5-10H2,1-4H3,(H,17,21)(H,18,22)(H,19,23). The number of hydrogen-bond donors (Lipinski definition) is 3. The summed E-state index contributed by atoms with van der Waals surface area (Å²) in [5.74, 6) is -0.109. The van der Waals surface area contributed by atoms with Crippen molar-refractivity contribution in [3.63, 3.8) is 0 Å². The molecule has 0 unspecified atom stereocenters. The number of likely N-dealkylation sites (tertiary alicyclic amines) is 1. The van der Waals surface area contributed by atoms with E-state index in [1.165, 1.54) is 0 Å². The summed E-state index contributed by atoms with van der Waals surface area (Å²) >= 11 is 0. The highest BCUT2D eigenvalue weighted by atomic mass is 16.2. The van der Waals surface area contributed by atoms with Gasteiger partial charge in [-0.15, -0.1) is 0 Å². The summed E-state index contributed by atoms with van der Waals surface area (Å²) in [6.07, 6.45) is 1.35. The lowest BCUT2D eigenvalue weighted by atomic mass is 9.96. The highest BCUT2D eigenvalue weighted by Crippen LogP contribution is 2.17. The molecule has 0 bridgehead atoms. The fourth-order valence-corrected chi connectivity index (χ4v) is 2.40. The van der Waals surface area contributed by atoms with Gasteiger partial charge in [-0.05, 0) is 26.7 Å². The number of carbonyl (C=O) groups excluding carboxylic acids is 3. The zero-order chi connectivity index (χ0) is 17.4. The Kier molecular flexibility index (Phi) is 7.85. The van der Waals surface area contributed by atoms with E-state index in [0.29, 0.717) is 39.0 Å². The molecule has 0 aromatic heterocycles. The van der Waals surface area contributed by atoms with E-state index in [0.717, 1.165) is 0 Å². The van der Waals surface area contributed by atoms with E-state index in [1.54, 1.807) is 4.90 Å². The third kappa shape index (κ3) is 6.88. The van der Waals surface area contributed by atoms with Gasteiger partial charge in [-0.25, -0.2) is 4.79 Å². The molecule has 0 aliphatic carbocycles. The molecule has 7 nitrogen and oxygen atoms in total. The van der Waals surface area contributed by atoms with E-state index in [1.807, 2.05) is 27.7 Å². The fourth-order valence-electron chi connectivity index (χ4n) is 2.40. The molecule has 1 rings (SSSR count). The van der Waals surface area contributed by atoms with E-state index in [-0.39, 0.29) is 35.7 Å². The molecule has 7 heteroatoms. The van der Waals surface area contributed by atoms with Crippen LogP contribution in [0.2, 0.25) is 0 Å². The van der Waals surface area contributed by atoms with Gasteiger partial charge >= 0.3 is 6.03 Å². The highest BCUT2D eigenvalue weighted by molar-refractivity contribution is 5.80. The summed E-state index contributed by atoms with van der Waals surface area (Å²) in [4.78, 5) is 37.1. The van der Waals surface area contributed by atoms with Gasteiger partial charge in [-0.2, -0.15) is 0 Å². The molecular weight excluding hydrogens is 296 g/mol. The van der Waals surface area contributed by atoms with Crippen LogP contribution in [0.25, 0.3) is 0 Å². The Balaban J connectivity index is 2.22. The van der Waals surface area contributed by atoms with Crippen molar-refractivity contribution in [2.45, 2.75) is 46.6 Å². The second kappa shape index (κ2) is 9.37. The minimum atomic E-state index is -0.0599. The van der Waals surface area contributed by atoms with Gasteiger partial charge in [0, 0.05) is 44.1 Å². The Morgan fingerprint density at radius 1 is 1.00 bits per heavy atom. The largest absolute Gasteiger partial charge is 0.354 e. The summed E-state index contributed by atoms with van der Waals surface area (Å²) in [5, 5.41) is 8.48. The molecule has 0 spiro atoms. The average Bonchev–Trinajstić information content (AvgIpc) is 2.50. The lowest BCUT2D eigenvalue weighted by molar-refractivity contribution is -0.127. The number of amides is 4. The predicted octanol–water partition coefficient (Wildman–Crippen LogP) is 0.705. The van der Waals surface area contributed by atoms with Crippen LogP contribution < -0.4 is 16.0 Å². The van der Waals surface area contributed by atoms with E-state index in [9.17, 15) is 14.4 Å². The van der Waals surface area contributed by atoms with Gasteiger partial charge in [0.15, 0.2) is 0 Å². The van der Waals surface area contributed by atoms with Gasteiger partial charge < -0.3 is 20.9 Å². The van der Waals surface area contributed by atoms with Crippen LogP contribution in [-0.4, -0.2) is 55.0 Å². The van der Waals surface area contributed by atoms with Gasteiger partial charge in [-0.3, -0.25) is 9.59 Å². The van der Waals surface area contributed by atoms with Gasteiger partial charge in [-0.1, -0.05) is 13.8 Å². The molecule has 4 amide bonds. The molecule has 0 atom stereocenters. The quantitative estimate of drug-likeness (QED) is 0.628. The van der Waals surface area contributed by atoms with E-state index in [4.69, 9.17) is 0 Å². The first-order valence-electron chi connectivity index (χ1n) is 8.42. The van der Waals surface area contributed by atoms with Crippen LogP contribution in [0.15, 0.2) is 0 Å². The second-order valence-corrected chi connectivity index (χ2v) is 6.60. The topological polar surface area (TPSA) is 90.5 Å². The maximum Gasteiger partial charge on any atom is 0.317 e. The number of nitrogens with zero attached hydrogens (tertiary/aromatic N) is 1. The van der Waals surface area contributed by atoms with Crippen molar-refractivity contribution in [3.05, 3.63) is 0 Å². The Labute approximate surface area is 138 Å². The molecule has 1 saturated heterocycles. The zero-order valence-corrected chi connectivity index (χ0v) is 14.6. The third-order valence-corrected chi connectivity index (χ3v) is 3.81. The fraction of sp³-hybridized carbons (Fsp3) is 0.812. The van der Waals surface area contributed by atoms with Crippen LogP contribution in [0, 0.1) is 11.8 Å². The molecule has 0 aromatic rings. The maximum absolute atomic E-state index is 12.1. The van der Waals surface area contributed by atoms with E-state index in [2.05, 4.69) is 16.0 Å². The smallest absolute Gasteiger partial charge is 0.317 e. The molecule has 3 N–H and O–H groups in total. The monoisotopic (exact) mass is 326 g/mol. The van der Waals surface area contributed by atoms with Gasteiger partial charge in [0.05, 0.1) is 0 Å². The minimum absolute atomic E-state index is 0.00714. The molecule has 1 aliphatic rings. The summed E-state index contributed by atoms with van der Waals surface area (Å²) in [6, 6.07) is 0.0554. The molecule has 1 aliphatic heterocycles. The Morgan fingerprint density at radius 2 is 1.57 bits per heavy atom. The van der Waals surface area contributed by atoms with Crippen molar-refractivity contribution in [2.75, 3.05) is 26.2 Å². The molecule has 0 saturated carbocycles. The number of carbonyl (C=O) groups is 3. The summed E-state index contributed by atoms with van der Waals surface area (Å²) in [7, 11) is 0. The van der Waals surface area contributed by atoms with Crippen LogP contribution in [0.1, 0.15) is 40.5 Å². The summed E-state index contributed by atoms with van der Waals surface area (Å²) in [5.41, 5.74) is 0. The Bertz CT molecular complexity index is 416. The van der Waals surface area contributed by atoms with Crippen LogP contribution >= 0.6 is 0 Å². The first kappa shape index (κ1) is 19.3. The number of rotatable bonds is 6. The number of nitrogens with one attached hydrogen (secondary N) is 3. The molecule has 0 aromatic carbocycles. The SMILES string of the molecule is CC(C)NC(=O)N1CCC(C(=O)NCCNC(=O)C(C)C)CC1. The average molecular weight is 326 g/mol. The minimum Gasteiger partial charge on any atom is -0.354 e. The molecule has 132 valence electrons. The number of piperidine rings is 1. The number of hydrogen-bond acceptors (Lipinski definition) is 3. The van der Waals surface area contributed by atoms with Crippen molar-refractivity contribution in [1.29, 1.82) is 0 Å². The number of urea groups is 1. The molecular formula is C16H30N4O3. The van der Waals surface area contributed by atoms with Crippen LogP contribution in [0.5, 0.6) is 0 Å². The van der Waals surface area contributed by atoms with E-state index < -0.39 is 0 Å². The van der Waals surface area contributed by atoms with Gasteiger partial charge in [0.2, 0.25) is 11.8 Å². The van der Waals surface area contributed by atoms with Crippen LogP contribution in [-0.2, 0) is 9.59 Å². The van der Waals surface area contributed by atoms with Crippen molar-refractivity contribution in [3.8, 4) is 0 Å². The highest BCUT2D eigenvalue weighted by Gasteiger charge is 2.27.